The van der Waals surface area contributed by atoms with Crippen molar-refractivity contribution in [3.63, 3.8) is 0 Å². The molecule has 3 aliphatic heterocycles. The van der Waals surface area contributed by atoms with Crippen LogP contribution in [-0.2, 0) is 28.7 Å². The highest BCUT2D eigenvalue weighted by molar-refractivity contribution is 9.10. The number of piperazine rings is 1. The Morgan fingerprint density at radius 3 is 2.43 bits per heavy atom. The lowest BCUT2D eigenvalue weighted by molar-refractivity contribution is -0.142. The van der Waals surface area contributed by atoms with E-state index >= 15 is 0 Å². The number of halogens is 4. The summed E-state index contributed by atoms with van der Waals surface area (Å²) in [5, 5.41) is 5.75. The molecule has 47 heavy (non-hydrogen) atoms. The number of nitrogens with two attached hydrogens (primary N) is 1. The Kier molecular flexibility index (Phi) is 9.65. The van der Waals surface area contributed by atoms with Crippen LogP contribution in [0.5, 0.6) is 0 Å². The number of urea groups is 1. The molecule has 2 fully saturated rings. The summed E-state index contributed by atoms with van der Waals surface area (Å²) in [6, 6.07) is 8.08. The number of nitrogens with one attached hydrogen (secondary N) is 1. The molecule has 3 aliphatic rings. The fourth-order valence-corrected chi connectivity index (χ4v) is 7.92. The number of amides is 4. The van der Waals surface area contributed by atoms with Crippen molar-refractivity contribution in [2.45, 2.75) is 44.4 Å². The zero-order valence-corrected chi connectivity index (χ0v) is 27.9. The molecule has 0 radical (unpaired) electrons. The Morgan fingerprint density at radius 1 is 1.04 bits per heavy atom. The molecular weight excluding hydrogens is 699 g/mol. The first kappa shape index (κ1) is 33.1. The Bertz CT molecular complexity index is 1620. The third-order valence-electron chi connectivity index (χ3n) is 9.19. The molecule has 15 heteroatoms. The summed E-state index contributed by atoms with van der Waals surface area (Å²) in [6.45, 7) is 3.34. The van der Waals surface area contributed by atoms with Crippen molar-refractivity contribution in [1.29, 1.82) is 0 Å². The molecule has 1 atom stereocenters. The maximum atomic E-state index is 14.0. The zero-order valence-electron chi connectivity index (χ0n) is 25.5. The number of hydrogen-bond donors (Lipinski definition) is 2. The first-order valence-corrected chi connectivity index (χ1v) is 17.2. The van der Waals surface area contributed by atoms with Crippen LogP contribution in [-0.4, -0.2) is 82.8 Å². The SMILES string of the molecule is Nc1c(Br)cc(C[C@@H](CC(=O)N2CCC(N3Cc4ccsc4NC3=O)CC2)C(=O)N2CCN(c3ccncc3)CC2)cc1C(F)(F)F. The first-order chi connectivity index (χ1) is 22.5. The molecule has 1 aromatic carbocycles. The van der Waals surface area contributed by atoms with Gasteiger partial charge in [0, 0.05) is 79.8 Å². The lowest BCUT2D eigenvalue weighted by Gasteiger charge is -2.40. The van der Waals surface area contributed by atoms with Crippen LogP contribution in [0.3, 0.4) is 0 Å². The van der Waals surface area contributed by atoms with E-state index in [9.17, 15) is 27.6 Å². The third-order valence-corrected chi connectivity index (χ3v) is 10.7. The minimum Gasteiger partial charge on any atom is -0.397 e. The van der Waals surface area contributed by atoms with Crippen molar-refractivity contribution < 1.29 is 27.6 Å². The Balaban J connectivity index is 1.15. The van der Waals surface area contributed by atoms with Gasteiger partial charge < -0.3 is 25.3 Å². The summed E-state index contributed by atoms with van der Waals surface area (Å²) in [4.78, 5) is 51.8. The molecule has 0 bridgehead atoms. The molecule has 2 saturated heterocycles. The van der Waals surface area contributed by atoms with E-state index in [0.717, 1.165) is 22.3 Å². The van der Waals surface area contributed by atoms with Gasteiger partial charge in [0.15, 0.2) is 0 Å². The van der Waals surface area contributed by atoms with E-state index in [-0.39, 0.29) is 46.8 Å². The molecule has 250 valence electrons. The van der Waals surface area contributed by atoms with E-state index in [1.54, 1.807) is 22.2 Å². The van der Waals surface area contributed by atoms with Crippen LogP contribution >= 0.6 is 27.3 Å². The van der Waals surface area contributed by atoms with Gasteiger partial charge in [0.25, 0.3) is 0 Å². The monoisotopic (exact) mass is 733 g/mol. The molecule has 10 nitrogen and oxygen atoms in total. The van der Waals surface area contributed by atoms with Gasteiger partial charge in [0.05, 0.1) is 23.7 Å². The van der Waals surface area contributed by atoms with Crippen LogP contribution < -0.4 is 16.0 Å². The Morgan fingerprint density at radius 2 is 1.74 bits per heavy atom. The molecule has 3 N–H and O–H groups in total. The van der Waals surface area contributed by atoms with Crippen molar-refractivity contribution >= 4 is 61.5 Å². The second kappa shape index (κ2) is 13.7. The number of pyridine rings is 1. The van der Waals surface area contributed by atoms with Gasteiger partial charge in [0.1, 0.15) is 5.00 Å². The highest BCUT2D eigenvalue weighted by atomic mass is 79.9. The summed E-state index contributed by atoms with van der Waals surface area (Å²) < 4.78 is 41.5. The van der Waals surface area contributed by atoms with E-state index in [1.807, 2.05) is 28.5 Å². The molecule has 5 heterocycles. The second-order valence-electron chi connectivity index (χ2n) is 12.1. The molecular formula is C32H35BrF3N7O3S. The average molecular weight is 735 g/mol. The number of carbonyl (C=O) groups excluding carboxylic acids is 3. The van der Waals surface area contributed by atoms with Gasteiger partial charge in [0.2, 0.25) is 11.8 Å². The standard InChI is InChI=1S/C32H35BrF3N7O3S/c33-26-17-20(16-25(28(26)37)32(34,35)36)15-22(30(45)42-12-10-40(11-13-42)23-1-6-38-7-2-23)18-27(44)41-8-3-24(4-9-41)43-19-21-5-14-47-29(21)39-31(43)46/h1-2,5-7,14,16-17,22,24H,3-4,8-13,15,18-19,37H2,(H,39,46)/t22-/m0/s1. The van der Waals surface area contributed by atoms with E-state index in [4.69, 9.17) is 5.73 Å². The number of fused-ring (bicyclic) bond motifs is 1. The predicted octanol–water partition coefficient (Wildman–Crippen LogP) is 5.44. The van der Waals surface area contributed by atoms with Gasteiger partial charge in [-0.05, 0) is 76.5 Å². The Labute approximate surface area is 282 Å². The number of carbonyl (C=O) groups is 3. The molecule has 0 aliphatic carbocycles. The quantitative estimate of drug-likeness (QED) is 0.313. The zero-order chi connectivity index (χ0) is 33.3. The number of piperidine rings is 1. The van der Waals surface area contributed by atoms with Gasteiger partial charge in [-0.25, -0.2) is 4.79 Å². The summed E-state index contributed by atoms with van der Waals surface area (Å²) >= 11 is 4.64. The number of anilines is 3. The number of hydrogen-bond acceptors (Lipinski definition) is 7. The molecule has 4 amide bonds. The van der Waals surface area contributed by atoms with Crippen LogP contribution in [0.2, 0.25) is 0 Å². The van der Waals surface area contributed by atoms with Gasteiger partial charge in [-0.2, -0.15) is 13.2 Å². The molecule has 0 spiro atoms. The number of thiophene rings is 1. The van der Waals surface area contributed by atoms with Crippen molar-refractivity contribution in [3.8, 4) is 0 Å². The fourth-order valence-electron chi connectivity index (χ4n) is 6.61. The van der Waals surface area contributed by atoms with E-state index in [2.05, 4.69) is 31.1 Å². The summed E-state index contributed by atoms with van der Waals surface area (Å²) in [7, 11) is 0. The number of benzene rings is 1. The molecule has 3 aromatic rings. The van der Waals surface area contributed by atoms with E-state index in [0.29, 0.717) is 58.7 Å². The van der Waals surface area contributed by atoms with Crippen molar-refractivity contribution in [1.82, 2.24) is 19.7 Å². The topological polar surface area (TPSA) is 115 Å². The number of rotatable bonds is 7. The largest absolute Gasteiger partial charge is 0.418 e. The lowest BCUT2D eigenvalue weighted by atomic mass is 9.92. The van der Waals surface area contributed by atoms with Crippen molar-refractivity contribution in [2.24, 2.45) is 5.92 Å². The van der Waals surface area contributed by atoms with Crippen LogP contribution in [0, 0.1) is 5.92 Å². The second-order valence-corrected chi connectivity index (χ2v) is 13.9. The van der Waals surface area contributed by atoms with Crippen molar-refractivity contribution in [3.05, 3.63) is 69.3 Å². The number of alkyl halides is 3. The highest BCUT2D eigenvalue weighted by Crippen LogP contribution is 2.39. The molecule has 6 rings (SSSR count). The molecule has 0 unspecified atom stereocenters. The van der Waals surface area contributed by atoms with Crippen LogP contribution in [0.4, 0.5) is 34.3 Å². The van der Waals surface area contributed by atoms with Crippen LogP contribution in [0.1, 0.15) is 36.0 Å². The number of likely N-dealkylation sites (tertiary alicyclic amines) is 1. The fraction of sp³-hybridized carbons (Fsp3) is 0.438. The van der Waals surface area contributed by atoms with Crippen LogP contribution in [0.15, 0.2) is 52.6 Å². The summed E-state index contributed by atoms with van der Waals surface area (Å²) in [5.41, 5.74) is 6.66. The third kappa shape index (κ3) is 7.35. The smallest absolute Gasteiger partial charge is 0.397 e. The highest BCUT2D eigenvalue weighted by Gasteiger charge is 2.37. The van der Waals surface area contributed by atoms with Gasteiger partial charge in [-0.1, -0.05) is 0 Å². The predicted molar refractivity (Wildman–Crippen MR) is 177 cm³/mol. The summed E-state index contributed by atoms with van der Waals surface area (Å²) in [6.07, 6.45) is -0.274. The number of nitrogens with zero attached hydrogens (tertiary/aromatic N) is 5. The first-order valence-electron chi connectivity index (χ1n) is 15.5. The minimum absolute atomic E-state index is 0.0332. The number of aromatic nitrogens is 1. The lowest BCUT2D eigenvalue weighted by Crippen LogP contribution is -2.52. The van der Waals surface area contributed by atoms with Gasteiger partial charge >= 0.3 is 12.2 Å². The van der Waals surface area contributed by atoms with E-state index < -0.39 is 23.3 Å². The maximum absolute atomic E-state index is 14.0. The number of nitrogen functional groups attached to an aromatic ring is 1. The molecule has 0 saturated carbocycles. The average Bonchev–Trinajstić information content (AvgIpc) is 3.52. The van der Waals surface area contributed by atoms with Crippen LogP contribution in [0.25, 0.3) is 0 Å². The minimum atomic E-state index is -4.68. The summed E-state index contributed by atoms with van der Waals surface area (Å²) in [5.74, 6) is -1.36. The van der Waals surface area contributed by atoms with Gasteiger partial charge in [-0.15, -0.1) is 11.3 Å². The normalized spacial score (nSPS) is 18.2. The maximum Gasteiger partial charge on any atom is 0.418 e. The molecule has 2 aromatic heterocycles. The van der Waals surface area contributed by atoms with Crippen molar-refractivity contribution in [2.75, 3.05) is 55.2 Å². The van der Waals surface area contributed by atoms with E-state index in [1.165, 1.54) is 17.4 Å². The Hall–Kier alpha value is -3.85. The van der Waals surface area contributed by atoms with Gasteiger partial charge in [-0.3, -0.25) is 19.9 Å².